The van der Waals surface area contributed by atoms with E-state index in [9.17, 15) is 9.59 Å². The third-order valence-corrected chi connectivity index (χ3v) is 2.83. The zero-order valence-electron chi connectivity index (χ0n) is 9.17. The number of phenols is 1. The Bertz CT molecular complexity index is 440. The minimum atomic E-state index is -0.879. The van der Waals surface area contributed by atoms with Crippen LogP contribution in [0.5, 0.6) is 5.75 Å². The van der Waals surface area contributed by atoms with E-state index in [-0.39, 0.29) is 30.4 Å². The summed E-state index contributed by atoms with van der Waals surface area (Å²) in [7, 11) is 0. The van der Waals surface area contributed by atoms with Gasteiger partial charge >= 0.3 is 5.97 Å². The predicted molar refractivity (Wildman–Crippen MR) is 60.8 cm³/mol. The van der Waals surface area contributed by atoms with E-state index in [0.29, 0.717) is 12.2 Å². The zero-order valence-corrected chi connectivity index (χ0v) is 9.17. The summed E-state index contributed by atoms with van der Waals surface area (Å²) in [5.41, 5.74) is 0.695. The molecule has 5 heteroatoms. The van der Waals surface area contributed by atoms with E-state index in [1.165, 1.54) is 12.1 Å². The molecule has 1 fully saturated rings. The summed E-state index contributed by atoms with van der Waals surface area (Å²) < 4.78 is 0. The summed E-state index contributed by atoms with van der Waals surface area (Å²) in [5, 5.41) is 17.8. The number of amides is 1. The maximum atomic E-state index is 11.7. The van der Waals surface area contributed by atoms with E-state index >= 15 is 0 Å². The van der Waals surface area contributed by atoms with Crippen LogP contribution in [-0.2, 0) is 9.59 Å². The van der Waals surface area contributed by atoms with Crippen molar-refractivity contribution in [3.63, 3.8) is 0 Å². The molecule has 0 radical (unpaired) electrons. The Labute approximate surface area is 98.3 Å². The number of carboxylic acids is 1. The molecule has 0 aromatic heterocycles. The molecule has 0 bridgehead atoms. The van der Waals surface area contributed by atoms with E-state index < -0.39 is 5.97 Å². The molecule has 1 unspecified atom stereocenters. The van der Waals surface area contributed by atoms with Gasteiger partial charge in [0.15, 0.2) is 0 Å². The number of anilines is 1. The van der Waals surface area contributed by atoms with Crippen molar-refractivity contribution in [3.05, 3.63) is 24.3 Å². The van der Waals surface area contributed by atoms with Crippen LogP contribution in [0.15, 0.2) is 24.3 Å². The fraction of sp³-hybridized carbons (Fsp3) is 0.333. The lowest BCUT2D eigenvalue weighted by atomic mass is 10.1. The number of nitrogens with zero attached hydrogens (tertiary/aromatic N) is 1. The maximum Gasteiger partial charge on any atom is 0.303 e. The second kappa shape index (κ2) is 4.45. The summed E-state index contributed by atoms with van der Waals surface area (Å²) in [5.74, 6) is -0.936. The SMILES string of the molecule is O=C(O)CC1CC(=O)N(c2ccc(O)cc2)C1. The average molecular weight is 235 g/mol. The predicted octanol–water partition coefficient (Wildman–Crippen LogP) is 1.22. The van der Waals surface area contributed by atoms with Crippen LogP contribution in [0.4, 0.5) is 5.69 Å². The topological polar surface area (TPSA) is 77.8 Å². The van der Waals surface area contributed by atoms with E-state index in [0.717, 1.165) is 0 Å². The minimum Gasteiger partial charge on any atom is -0.508 e. The van der Waals surface area contributed by atoms with Crippen LogP contribution in [0.2, 0.25) is 0 Å². The van der Waals surface area contributed by atoms with Gasteiger partial charge in [0.25, 0.3) is 0 Å². The number of benzene rings is 1. The largest absolute Gasteiger partial charge is 0.508 e. The van der Waals surface area contributed by atoms with Gasteiger partial charge in [-0.2, -0.15) is 0 Å². The van der Waals surface area contributed by atoms with Crippen molar-refractivity contribution in [2.45, 2.75) is 12.8 Å². The molecule has 90 valence electrons. The summed E-state index contributed by atoms with van der Waals surface area (Å²) in [6.45, 7) is 0.426. The monoisotopic (exact) mass is 235 g/mol. The highest BCUT2D eigenvalue weighted by atomic mass is 16.4. The quantitative estimate of drug-likeness (QED) is 0.825. The van der Waals surface area contributed by atoms with Gasteiger partial charge in [-0.25, -0.2) is 0 Å². The molecule has 17 heavy (non-hydrogen) atoms. The van der Waals surface area contributed by atoms with E-state index in [1.807, 2.05) is 0 Å². The lowest BCUT2D eigenvalue weighted by Crippen LogP contribution is -2.24. The molecule has 2 rings (SSSR count). The number of carbonyl (C=O) groups is 2. The highest BCUT2D eigenvalue weighted by molar-refractivity contribution is 5.96. The Morgan fingerprint density at radius 2 is 2.00 bits per heavy atom. The third-order valence-electron chi connectivity index (χ3n) is 2.83. The average Bonchev–Trinajstić information content (AvgIpc) is 2.59. The summed E-state index contributed by atoms with van der Waals surface area (Å²) in [6, 6.07) is 6.31. The van der Waals surface area contributed by atoms with Crippen molar-refractivity contribution in [1.29, 1.82) is 0 Å². The van der Waals surface area contributed by atoms with Gasteiger partial charge in [0, 0.05) is 18.7 Å². The van der Waals surface area contributed by atoms with Crippen LogP contribution in [0.25, 0.3) is 0 Å². The molecular weight excluding hydrogens is 222 g/mol. The van der Waals surface area contributed by atoms with Gasteiger partial charge in [0.1, 0.15) is 5.75 Å². The van der Waals surface area contributed by atoms with Crippen molar-refractivity contribution in [1.82, 2.24) is 0 Å². The number of phenolic OH excluding ortho intramolecular Hbond substituents is 1. The summed E-state index contributed by atoms with van der Waals surface area (Å²) in [6.07, 6.45) is 0.285. The Kier molecular flexibility index (Phi) is 2.99. The van der Waals surface area contributed by atoms with Gasteiger partial charge in [0.2, 0.25) is 5.91 Å². The summed E-state index contributed by atoms with van der Waals surface area (Å²) >= 11 is 0. The Hall–Kier alpha value is -2.04. The van der Waals surface area contributed by atoms with Gasteiger partial charge in [-0.05, 0) is 30.2 Å². The van der Waals surface area contributed by atoms with Crippen LogP contribution in [0.1, 0.15) is 12.8 Å². The number of hydrogen-bond donors (Lipinski definition) is 2. The van der Waals surface area contributed by atoms with Crippen molar-refractivity contribution in [2.24, 2.45) is 5.92 Å². The first-order valence-electron chi connectivity index (χ1n) is 5.37. The molecule has 1 heterocycles. The number of rotatable bonds is 3. The van der Waals surface area contributed by atoms with Gasteiger partial charge in [-0.15, -0.1) is 0 Å². The molecule has 0 spiro atoms. The van der Waals surface area contributed by atoms with Crippen LogP contribution < -0.4 is 4.90 Å². The number of carbonyl (C=O) groups excluding carboxylic acids is 1. The van der Waals surface area contributed by atoms with Crippen molar-refractivity contribution in [3.8, 4) is 5.75 Å². The molecule has 0 aliphatic carbocycles. The molecule has 1 aliphatic rings. The number of hydrogen-bond acceptors (Lipinski definition) is 3. The number of aromatic hydroxyl groups is 1. The van der Waals surface area contributed by atoms with Gasteiger partial charge in [0.05, 0.1) is 6.42 Å². The zero-order chi connectivity index (χ0) is 12.4. The van der Waals surface area contributed by atoms with E-state index in [2.05, 4.69) is 0 Å². The molecule has 5 nitrogen and oxygen atoms in total. The fourth-order valence-electron chi connectivity index (χ4n) is 2.05. The van der Waals surface area contributed by atoms with Crippen molar-refractivity contribution < 1.29 is 19.8 Å². The van der Waals surface area contributed by atoms with Crippen LogP contribution in [-0.4, -0.2) is 28.6 Å². The standard InChI is InChI=1S/C12H13NO4/c14-10-3-1-9(2-4-10)13-7-8(5-11(13)15)6-12(16)17/h1-4,8,14H,5-7H2,(H,16,17). The lowest BCUT2D eigenvalue weighted by molar-refractivity contribution is -0.137. The number of carboxylic acid groups (broad SMARTS) is 1. The molecule has 1 amide bonds. The van der Waals surface area contributed by atoms with Crippen LogP contribution in [0.3, 0.4) is 0 Å². The van der Waals surface area contributed by atoms with Gasteiger partial charge in [-0.1, -0.05) is 0 Å². The second-order valence-corrected chi connectivity index (χ2v) is 4.19. The highest BCUT2D eigenvalue weighted by Crippen LogP contribution is 2.27. The number of aliphatic carboxylic acids is 1. The third kappa shape index (κ3) is 2.55. The molecule has 1 aromatic carbocycles. The highest BCUT2D eigenvalue weighted by Gasteiger charge is 2.31. The van der Waals surface area contributed by atoms with E-state index in [1.54, 1.807) is 17.0 Å². The fourth-order valence-corrected chi connectivity index (χ4v) is 2.05. The molecule has 1 aliphatic heterocycles. The second-order valence-electron chi connectivity index (χ2n) is 4.19. The van der Waals surface area contributed by atoms with E-state index in [4.69, 9.17) is 10.2 Å². The van der Waals surface area contributed by atoms with Gasteiger partial charge in [-0.3, -0.25) is 9.59 Å². The molecule has 2 N–H and O–H groups in total. The van der Waals surface area contributed by atoms with Crippen molar-refractivity contribution >= 4 is 17.6 Å². The van der Waals surface area contributed by atoms with Crippen LogP contribution in [0, 0.1) is 5.92 Å². The maximum absolute atomic E-state index is 11.7. The van der Waals surface area contributed by atoms with Crippen molar-refractivity contribution in [2.75, 3.05) is 11.4 Å². The first kappa shape index (κ1) is 11.4. The molecule has 1 saturated heterocycles. The Balaban J connectivity index is 2.10. The van der Waals surface area contributed by atoms with Crippen LogP contribution >= 0.6 is 0 Å². The molecule has 0 saturated carbocycles. The minimum absolute atomic E-state index is 0.0142. The van der Waals surface area contributed by atoms with Gasteiger partial charge < -0.3 is 15.1 Å². The molecule has 1 atom stereocenters. The Morgan fingerprint density at radius 3 is 2.59 bits per heavy atom. The lowest BCUT2D eigenvalue weighted by Gasteiger charge is -2.16. The first-order valence-corrected chi connectivity index (χ1v) is 5.37. The normalized spacial score (nSPS) is 19.6. The molecule has 1 aromatic rings. The first-order chi connectivity index (χ1) is 8.06. The smallest absolute Gasteiger partial charge is 0.303 e. The molecular formula is C12H13NO4. The summed E-state index contributed by atoms with van der Waals surface area (Å²) in [4.78, 5) is 23.9. The Morgan fingerprint density at radius 1 is 1.35 bits per heavy atom.